The number of rotatable bonds is 8. The first-order valence-electron chi connectivity index (χ1n) is 9.56. The fraction of sp³-hybridized carbons (Fsp3) is 0.105. The number of nitro benzene ring substituents is 1. The second-order valence-electron chi connectivity index (χ2n) is 7.37. The lowest BCUT2D eigenvalue weighted by molar-refractivity contribution is -0.385. The fourth-order valence-electron chi connectivity index (χ4n) is 3.42. The summed E-state index contributed by atoms with van der Waals surface area (Å²) in [5, 5.41) is 12.0. The van der Waals surface area contributed by atoms with E-state index in [1.165, 1.54) is 19.2 Å². The predicted octanol–water partition coefficient (Wildman–Crippen LogP) is 1.89. The Balaban J connectivity index is 2.32. The van der Waals surface area contributed by atoms with Crippen molar-refractivity contribution in [3.8, 4) is 0 Å². The average Bonchev–Trinajstić information content (AvgIpc) is 2.76. The molecule has 3 aromatic carbocycles. The molecule has 0 aliphatic rings. The molecule has 0 fully saturated rings. The van der Waals surface area contributed by atoms with Crippen molar-refractivity contribution in [1.82, 2.24) is 0 Å². The maximum atomic E-state index is 12.9. The van der Waals surface area contributed by atoms with E-state index in [-0.39, 0.29) is 17.7 Å². The molecule has 0 aliphatic heterocycles. The number of benzene rings is 3. The first kappa shape index (κ1) is 28.1. The zero-order valence-electron chi connectivity index (χ0n) is 18.3. The SMILES string of the molecule is COCc1ccc(C(=O)Nc2ccc(S(=O)(=O)O)c3cc(S(=O)(=O)O)cc(S(=O)(=O)O)c23)cc1[N+](=O)[O-]. The van der Waals surface area contributed by atoms with E-state index in [2.05, 4.69) is 5.32 Å². The zero-order chi connectivity index (χ0) is 27.9. The molecular weight excluding hydrogens is 560 g/mol. The second-order valence-corrected chi connectivity index (χ2v) is 11.6. The summed E-state index contributed by atoms with van der Waals surface area (Å²) in [6, 6.07) is 5.66. The molecule has 1 amide bonds. The van der Waals surface area contributed by atoms with Gasteiger partial charge in [0.25, 0.3) is 41.9 Å². The molecule has 0 bridgehead atoms. The highest BCUT2D eigenvalue weighted by atomic mass is 32.2. The summed E-state index contributed by atoms with van der Waals surface area (Å²) in [4.78, 5) is 20.1. The van der Waals surface area contributed by atoms with Gasteiger partial charge in [-0.3, -0.25) is 28.6 Å². The Bertz CT molecular complexity index is 1780. The highest BCUT2D eigenvalue weighted by Crippen LogP contribution is 2.37. The number of fused-ring (bicyclic) bond motifs is 1. The van der Waals surface area contributed by atoms with Crippen molar-refractivity contribution in [1.29, 1.82) is 0 Å². The van der Waals surface area contributed by atoms with Crippen LogP contribution in [-0.4, -0.2) is 56.9 Å². The first-order valence-corrected chi connectivity index (χ1v) is 13.9. The largest absolute Gasteiger partial charge is 0.380 e. The van der Waals surface area contributed by atoms with Crippen LogP contribution in [0.25, 0.3) is 10.8 Å². The minimum Gasteiger partial charge on any atom is -0.380 e. The molecule has 0 heterocycles. The summed E-state index contributed by atoms with van der Waals surface area (Å²) in [6.07, 6.45) is 0. The quantitative estimate of drug-likeness (QED) is 0.170. The molecule has 0 spiro atoms. The number of hydrogen-bond acceptors (Lipinski definition) is 10. The molecule has 0 atom stereocenters. The molecule has 18 heteroatoms. The van der Waals surface area contributed by atoms with Gasteiger partial charge in [0.1, 0.15) is 9.79 Å². The number of ether oxygens (including phenoxy) is 1. The van der Waals surface area contributed by atoms with Crippen LogP contribution in [0.15, 0.2) is 57.2 Å². The lowest BCUT2D eigenvalue weighted by atomic mass is 10.1. The van der Waals surface area contributed by atoms with Crippen LogP contribution < -0.4 is 5.32 Å². The van der Waals surface area contributed by atoms with Crippen LogP contribution in [0.4, 0.5) is 11.4 Å². The fourth-order valence-corrected chi connectivity index (χ4v) is 5.46. The number of amides is 1. The third-order valence-electron chi connectivity index (χ3n) is 4.96. The summed E-state index contributed by atoms with van der Waals surface area (Å²) >= 11 is 0. The van der Waals surface area contributed by atoms with Crippen LogP contribution in [0.5, 0.6) is 0 Å². The number of anilines is 1. The van der Waals surface area contributed by atoms with Crippen LogP contribution in [-0.2, 0) is 41.7 Å². The highest BCUT2D eigenvalue weighted by Gasteiger charge is 2.27. The van der Waals surface area contributed by atoms with E-state index < -0.39 is 78.0 Å². The van der Waals surface area contributed by atoms with Gasteiger partial charge in [-0.1, -0.05) is 0 Å². The Morgan fingerprint density at radius 3 is 2.05 bits per heavy atom. The number of nitro groups is 1. The van der Waals surface area contributed by atoms with Gasteiger partial charge in [0.15, 0.2) is 0 Å². The van der Waals surface area contributed by atoms with E-state index in [4.69, 9.17) is 4.74 Å². The van der Waals surface area contributed by atoms with Gasteiger partial charge in [-0.2, -0.15) is 25.3 Å². The van der Waals surface area contributed by atoms with Crippen LogP contribution in [0.1, 0.15) is 15.9 Å². The zero-order valence-corrected chi connectivity index (χ0v) is 20.8. The number of hydrogen-bond donors (Lipinski definition) is 4. The molecule has 15 nitrogen and oxygen atoms in total. The Hall–Kier alpha value is -3.52. The van der Waals surface area contributed by atoms with Gasteiger partial charge in [-0.15, -0.1) is 0 Å². The number of methoxy groups -OCH3 is 1. The van der Waals surface area contributed by atoms with Crippen molar-refractivity contribution in [3.63, 3.8) is 0 Å². The molecule has 3 aromatic rings. The molecule has 0 saturated carbocycles. The summed E-state index contributed by atoms with van der Waals surface area (Å²) in [5.41, 5.74) is -1.12. The smallest absolute Gasteiger partial charge is 0.295 e. The normalized spacial score (nSPS) is 12.4. The summed E-state index contributed by atoms with van der Waals surface area (Å²) in [6.45, 7) is -0.145. The molecule has 37 heavy (non-hydrogen) atoms. The van der Waals surface area contributed by atoms with Gasteiger partial charge in [0.05, 0.1) is 27.7 Å². The van der Waals surface area contributed by atoms with Crippen molar-refractivity contribution in [2.24, 2.45) is 0 Å². The van der Waals surface area contributed by atoms with E-state index in [0.717, 1.165) is 12.1 Å². The first-order chi connectivity index (χ1) is 16.9. The van der Waals surface area contributed by atoms with Crippen LogP contribution in [0.3, 0.4) is 0 Å². The number of carbonyl (C=O) groups is 1. The number of nitrogens with one attached hydrogen (secondary N) is 1. The Kier molecular flexibility index (Phi) is 7.39. The van der Waals surface area contributed by atoms with Gasteiger partial charge in [-0.25, -0.2) is 0 Å². The van der Waals surface area contributed by atoms with E-state index in [9.17, 15) is 53.8 Å². The summed E-state index contributed by atoms with van der Waals surface area (Å²) < 4.78 is 105. The Morgan fingerprint density at radius 1 is 0.919 bits per heavy atom. The highest BCUT2D eigenvalue weighted by molar-refractivity contribution is 7.87. The molecular formula is C19H16N2O13S3. The lowest BCUT2D eigenvalue weighted by Crippen LogP contribution is -2.15. The third-order valence-corrected chi connectivity index (χ3v) is 7.58. The van der Waals surface area contributed by atoms with Crippen molar-refractivity contribution in [3.05, 3.63) is 63.7 Å². The minimum atomic E-state index is -5.33. The van der Waals surface area contributed by atoms with Crippen LogP contribution >= 0.6 is 0 Å². The maximum Gasteiger partial charge on any atom is 0.295 e. The van der Waals surface area contributed by atoms with Crippen molar-refractivity contribution < 1.29 is 53.4 Å². The number of nitrogens with zero attached hydrogens (tertiary/aromatic N) is 1. The Labute approximate surface area is 209 Å². The molecule has 0 radical (unpaired) electrons. The monoisotopic (exact) mass is 576 g/mol. The maximum absolute atomic E-state index is 12.9. The van der Waals surface area contributed by atoms with Gasteiger partial charge < -0.3 is 10.1 Å². The van der Waals surface area contributed by atoms with Gasteiger partial charge in [0.2, 0.25) is 0 Å². The van der Waals surface area contributed by atoms with Crippen molar-refractivity contribution in [2.45, 2.75) is 21.3 Å². The molecule has 0 aliphatic carbocycles. The van der Waals surface area contributed by atoms with Gasteiger partial charge in [-0.05, 0) is 36.4 Å². The molecule has 198 valence electrons. The second kappa shape index (κ2) is 9.74. The number of carbonyl (C=O) groups excluding carboxylic acids is 1. The van der Waals surface area contributed by atoms with Gasteiger partial charge in [0, 0.05) is 29.5 Å². The lowest BCUT2D eigenvalue weighted by Gasteiger charge is -2.15. The van der Waals surface area contributed by atoms with E-state index >= 15 is 0 Å². The molecule has 3 rings (SSSR count). The Morgan fingerprint density at radius 2 is 1.54 bits per heavy atom. The summed E-state index contributed by atoms with van der Waals surface area (Å²) in [7, 11) is -14.3. The van der Waals surface area contributed by atoms with Crippen molar-refractivity contribution in [2.75, 3.05) is 12.4 Å². The predicted molar refractivity (Wildman–Crippen MR) is 125 cm³/mol. The third kappa shape index (κ3) is 5.91. The molecule has 0 unspecified atom stereocenters. The van der Waals surface area contributed by atoms with E-state index in [1.54, 1.807) is 0 Å². The van der Waals surface area contributed by atoms with Crippen LogP contribution in [0, 0.1) is 10.1 Å². The van der Waals surface area contributed by atoms with Crippen molar-refractivity contribution >= 4 is 58.4 Å². The average molecular weight is 577 g/mol. The molecule has 4 N–H and O–H groups in total. The standard InChI is InChI=1S/C19H16N2O13S3/c1-34-9-11-3-2-10(6-15(11)21(23)24)19(22)20-14-4-5-16(36(28,29)30)13-7-12(35(25,26)27)8-17(18(13)14)37(31,32)33/h2-8H,9H2,1H3,(H,20,22)(H,25,26,27)(H,28,29,30)(H,31,32,33). The van der Waals surface area contributed by atoms with Gasteiger partial charge >= 0.3 is 0 Å². The van der Waals surface area contributed by atoms with E-state index in [1.807, 2.05) is 0 Å². The minimum absolute atomic E-state index is 0.137. The summed E-state index contributed by atoms with van der Waals surface area (Å²) in [5.74, 6) is -1.05. The topological polar surface area (TPSA) is 245 Å². The molecule has 0 aromatic heterocycles. The molecule has 0 saturated heterocycles. The van der Waals surface area contributed by atoms with Crippen LogP contribution in [0.2, 0.25) is 0 Å². The van der Waals surface area contributed by atoms with E-state index in [0.29, 0.717) is 18.2 Å².